The SMILES string of the molecule is O=C(CSCc1ccccn1)Nc1cc(C(F)(F)F)ccc1N1CCCCC1. The van der Waals surface area contributed by atoms with E-state index < -0.39 is 11.7 Å². The molecule has 1 aliphatic heterocycles. The fourth-order valence-electron chi connectivity index (χ4n) is 3.14. The van der Waals surface area contributed by atoms with Crippen molar-refractivity contribution in [3.63, 3.8) is 0 Å². The summed E-state index contributed by atoms with van der Waals surface area (Å²) in [5, 5.41) is 2.68. The first-order valence-corrected chi connectivity index (χ1v) is 10.3. The molecule has 4 nitrogen and oxygen atoms in total. The first-order valence-electron chi connectivity index (χ1n) is 9.17. The van der Waals surface area contributed by atoms with E-state index in [4.69, 9.17) is 0 Å². The molecule has 0 aliphatic carbocycles. The number of carbonyl (C=O) groups excluding carboxylic acids is 1. The van der Waals surface area contributed by atoms with Gasteiger partial charge in [0.25, 0.3) is 0 Å². The highest BCUT2D eigenvalue weighted by atomic mass is 32.2. The zero-order chi connectivity index (χ0) is 20.0. The van der Waals surface area contributed by atoms with Gasteiger partial charge in [0.2, 0.25) is 5.91 Å². The van der Waals surface area contributed by atoms with Gasteiger partial charge in [-0.3, -0.25) is 9.78 Å². The predicted octanol–water partition coefficient (Wildman–Crippen LogP) is 4.96. The van der Waals surface area contributed by atoms with Gasteiger partial charge in [0.15, 0.2) is 0 Å². The fraction of sp³-hybridized carbons (Fsp3) is 0.400. The standard InChI is InChI=1S/C20H22F3N3OS/c21-20(22,23)15-7-8-18(26-10-4-1-5-11-26)17(12-15)25-19(27)14-28-13-16-6-2-3-9-24-16/h2-3,6-9,12H,1,4-5,10-11,13-14H2,(H,25,27). The zero-order valence-corrected chi connectivity index (χ0v) is 16.2. The summed E-state index contributed by atoms with van der Waals surface area (Å²) in [6, 6.07) is 9.13. The van der Waals surface area contributed by atoms with Crippen molar-refractivity contribution in [3.8, 4) is 0 Å². The van der Waals surface area contributed by atoms with Gasteiger partial charge in [-0.2, -0.15) is 13.2 Å². The van der Waals surface area contributed by atoms with E-state index in [0.29, 0.717) is 11.4 Å². The minimum Gasteiger partial charge on any atom is -0.370 e. The molecule has 28 heavy (non-hydrogen) atoms. The highest BCUT2D eigenvalue weighted by molar-refractivity contribution is 7.99. The number of aromatic nitrogens is 1. The lowest BCUT2D eigenvalue weighted by Gasteiger charge is -2.31. The van der Waals surface area contributed by atoms with E-state index in [0.717, 1.165) is 50.2 Å². The lowest BCUT2D eigenvalue weighted by molar-refractivity contribution is -0.137. The number of pyridine rings is 1. The molecule has 1 fully saturated rings. The lowest BCUT2D eigenvalue weighted by Crippen LogP contribution is -2.30. The maximum atomic E-state index is 13.1. The molecule has 1 N–H and O–H groups in total. The van der Waals surface area contributed by atoms with Crippen LogP contribution in [0.4, 0.5) is 24.5 Å². The third-order valence-corrected chi connectivity index (χ3v) is 5.47. The first kappa shape index (κ1) is 20.5. The molecule has 2 aromatic rings. The maximum absolute atomic E-state index is 13.1. The van der Waals surface area contributed by atoms with Crippen LogP contribution in [0, 0.1) is 0 Å². The molecule has 1 aromatic carbocycles. The van der Waals surface area contributed by atoms with Crippen molar-refractivity contribution in [2.24, 2.45) is 0 Å². The highest BCUT2D eigenvalue weighted by Crippen LogP contribution is 2.36. The summed E-state index contributed by atoms with van der Waals surface area (Å²) < 4.78 is 39.4. The summed E-state index contributed by atoms with van der Waals surface area (Å²) in [7, 11) is 0. The molecule has 0 atom stereocenters. The van der Waals surface area contributed by atoms with E-state index in [1.807, 2.05) is 23.1 Å². The molecule has 1 aliphatic rings. The van der Waals surface area contributed by atoms with Crippen molar-refractivity contribution in [2.75, 3.05) is 29.1 Å². The minimum absolute atomic E-state index is 0.145. The van der Waals surface area contributed by atoms with Crippen LogP contribution in [-0.2, 0) is 16.7 Å². The lowest BCUT2D eigenvalue weighted by atomic mass is 10.1. The molecular formula is C20H22F3N3OS. The van der Waals surface area contributed by atoms with E-state index in [1.54, 1.807) is 6.20 Å². The Balaban J connectivity index is 1.69. The number of hydrogen-bond acceptors (Lipinski definition) is 4. The van der Waals surface area contributed by atoms with Gasteiger partial charge in [-0.05, 0) is 49.6 Å². The Morgan fingerprint density at radius 1 is 1.14 bits per heavy atom. The molecule has 8 heteroatoms. The van der Waals surface area contributed by atoms with Gasteiger partial charge in [-0.15, -0.1) is 11.8 Å². The van der Waals surface area contributed by atoms with Crippen LogP contribution in [-0.4, -0.2) is 29.7 Å². The Hall–Kier alpha value is -2.22. The second kappa shape index (κ2) is 9.32. The second-order valence-corrected chi connectivity index (χ2v) is 7.63. The number of halogens is 3. The third-order valence-electron chi connectivity index (χ3n) is 4.50. The minimum atomic E-state index is -4.45. The van der Waals surface area contributed by atoms with E-state index in [9.17, 15) is 18.0 Å². The predicted molar refractivity (Wildman–Crippen MR) is 107 cm³/mol. The molecule has 1 amide bonds. The van der Waals surface area contributed by atoms with E-state index in [2.05, 4.69) is 10.3 Å². The Labute approximate surface area is 166 Å². The van der Waals surface area contributed by atoms with Crippen LogP contribution in [0.1, 0.15) is 30.5 Å². The Morgan fingerprint density at radius 2 is 1.93 bits per heavy atom. The largest absolute Gasteiger partial charge is 0.416 e. The molecule has 150 valence electrons. The van der Waals surface area contributed by atoms with Crippen LogP contribution in [0.5, 0.6) is 0 Å². The van der Waals surface area contributed by atoms with Crippen LogP contribution in [0.15, 0.2) is 42.6 Å². The van der Waals surface area contributed by atoms with Gasteiger partial charge < -0.3 is 10.2 Å². The van der Waals surface area contributed by atoms with Crippen molar-refractivity contribution in [3.05, 3.63) is 53.9 Å². The average molecular weight is 409 g/mol. The van der Waals surface area contributed by atoms with E-state index in [1.165, 1.54) is 17.8 Å². The number of nitrogens with one attached hydrogen (secondary N) is 1. The molecular weight excluding hydrogens is 387 g/mol. The van der Waals surface area contributed by atoms with Crippen LogP contribution in [0.2, 0.25) is 0 Å². The maximum Gasteiger partial charge on any atom is 0.416 e. The number of alkyl halides is 3. The van der Waals surface area contributed by atoms with Crippen molar-refractivity contribution in [1.29, 1.82) is 0 Å². The summed E-state index contributed by atoms with van der Waals surface area (Å²) in [5.74, 6) is 0.390. The Kier molecular flexibility index (Phi) is 6.83. The average Bonchev–Trinajstić information content (AvgIpc) is 2.69. The molecule has 1 saturated heterocycles. The number of amides is 1. The van der Waals surface area contributed by atoms with Gasteiger partial charge in [0.1, 0.15) is 0 Å². The smallest absolute Gasteiger partial charge is 0.370 e. The molecule has 1 aromatic heterocycles. The number of piperidine rings is 1. The van der Waals surface area contributed by atoms with Crippen LogP contribution >= 0.6 is 11.8 Å². The van der Waals surface area contributed by atoms with Crippen molar-refractivity contribution in [1.82, 2.24) is 4.98 Å². The summed E-state index contributed by atoms with van der Waals surface area (Å²) >= 11 is 1.37. The zero-order valence-electron chi connectivity index (χ0n) is 15.3. The summed E-state index contributed by atoms with van der Waals surface area (Å²) in [5.41, 5.74) is 0.967. The number of nitrogens with zero attached hydrogens (tertiary/aromatic N) is 2. The number of carbonyl (C=O) groups is 1. The highest BCUT2D eigenvalue weighted by Gasteiger charge is 2.31. The van der Waals surface area contributed by atoms with Crippen molar-refractivity contribution in [2.45, 2.75) is 31.2 Å². The number of rotatable bonds is 6. The molecule has 0 spiro atoms. The monoisotopic (exact) mass is 409 g/mol. The summed E-state index contributed by atoms with van der Waals surface area (Å²) in [6.45, 7) is 1.56. The normalized spacial score (nSPS) is 14.8. The van der Waals surface area contributed by atoms with Gasteiger partial charge in [-0.25, -0.2) is 0 Å². The van der Waals surface area contributed by atoms with Crippen molar-refractivity contribution >= 4 is 29.0 Å². The third kappa shape index (κ3) is 5.64. The Bertz CT molecular complexity index is 793. The number of hydrogen-bond donors (Lipinski definition) is 1. The Morgan fingerprint density at radius 3 is 2.61 bits per heavy atom. The number of thioether (sulfide) groups is 1. The quantitative estimate of drug-likeness (QED) is 0.732. The summed E-state index contributed by atoms with van der Waals surface area (Å²) in [4.78, 5) is 18.6. The van der Waals surface area contributed by atoms with Crippen LogP contribution < -0.4 is 10.2 Å². The molecule has 0 radical (unpaired) electrons. The van der Waals surface area contributed by atoms with Gasteiger partial charge in [0, 0.05) is 25.0 Å². The topological polar surface area (TPSA) is 45.2 Å². The molecule has 3 rings (SSSR count). The second-order valence-electron chi connectivity index (χ2n) is 6.64. The number of anilines is 2. The first-order chi connectivity index (χ1) is 13.4. The molecule has 0 unspecified atom stereocenters. The van der Waals surface area contributed by atoms with Gasteiger partial charge >= 0.3 is 6.18 Å². The fourth-order valence-corrected chi connectivity index (χ4v) is 3.88. The van der Waals surface area contributed by atoms with Gasteiger partial charge in [-0.1, -0.05) is 6.07 Å². The van der Waals surface area contributed by atoms with Crippen LogP contribution in [0.3, 0.4) is 0 Å². The van der Waals surface area contributed by atoms with E-state index in [-0.39, 0.29) is 17.3 Å². The summed E-state index contributed by atoms with van der Waals surface area (Å²) in [6.07, 6.45) is 0.336. The molecule has 2 heterocycles. The van der Waals surface area contributed by atoms with Crippen molar-refractivity contribution < 1.29 is 18.0 Å². The number of benzene rings is 1. The molecule has 0 saturated carbocycles. The van der Waals surface area contributed by atoms with E-state index >= 15 is 0 Å². The van der Waals surface area contributed by atoms with Crippen LogP contribution in [0.25, 0.3) is 0 Å². The molecule has 0 bridgehead atoms. The van der Waals surface area contributed by atoms with Gasteiger partial charge in [0.05, 0.1) is 28.4 Å².